The maximum absolute atomic E-state index is 10.6. The first-order valence-electron chi connectivity index (χ1n) is 5.31. The molecule has 7 heteroatoms. The average Bonchev–Trinajstić information content (AvgIpc) is 2.29. The van der Waals surface area contributed by atoms with Crippen molar-refractivity contribution in [2.45, 2.75) is 42.7 Å². The Morgan fingerprint density at radius 3 is 2.53 bits per heavy atom. The Kier molecular flexibility index (Phi) is 5.68. The standard InChI is InChI=1S/C10H18NO5S/c1-17-10-9(15)8(14)7(13)5(16-10)3-2-4-6(11)12/h3,5,7-10,13-15H,2,4H2,1H3,(H2,11,12). The summed E-state index contributed by atoms with van der Waals surface area (Å²) in [5, 5.41) is 28.9. The van der Waals surface area contributed by atoms with Crippen LogP contribution in [0, 0.1) is 6.42 Å². The first kappa shape index (κ1) is 14.7. The molecule has 5 atom stereocenters. The van der Waals surface area contributed by atoms with Crippen molar-refractivity contribution >= 4 is 17.7 Å². The second-order valence-electron chi connectivity index (χ2n) is 3.92. The van der Waals surface area contributed by atoms with Crippen LogP contribution < -0.4 is 5.73 Å². The maximum atomic E-state index is 10.6. The number of ether oxygens (including phenoxy) is 1. The van der Waals surface area contributed by atoms with E-state index in [1.54, 1.807) is 12.7 Å². The predicted octanol–water partition coefficient (Wildman–Crippen LogP) is -1.37. The quantitative estimate of drug-likeness (QED) is 0.487. The Balaban J connectivity index is 2.50. The smallest absolute Gasteiger partial charge is 0.217 e. The largest absolute Gasteiger partial charge is 0.388 e. The van der Waals surface area contributed by atoms with Gasteiger partial charge in [-0.25, -0.2) is 0 Å². The van der Waals surface area contributed by atoms with E-state index in [1.807, 2.05) is 0 Å². The first-order chi connectivity index (χ1) is 7.97. The summed E-state index contributed by atoms with van der Waals surface area (Å²) in [6.45, 7) is 0. The number of hydrogen-bond donors (Lipinski definition) is 4. The lowest BCUT2D eigenvalue weighted by Crippen LogP contribution is -2.56. The number of amides is 1. The molecule has 0 aromatic carbocycles. The van der Waals surface area contributed by atoms with Gasteiger partial charge in [0.15, 0.2) is 0 Å². The van der Waals surface area contributed by atoms with Crippen LogP contribution in [0.2, 0.25) is 0 Å². The molecule has 1 saturated heterocycles. The van der Waals surface area contributed by atoms with Crippen molar-refractivity contribution in [2.24, 2.45) is 5.73 Å². The molecule has 1 rings (SSSR count). The zero-order valence-corrected chi connectivity index (χ0v) is 10.3. The Labute approximate surface area is 104 Å². The van der Waals surface area contributed by atoms with Crippen LogP contribution in [0.15, 0.2) is 0 Å². The van der Waals surface area contributed by atoms with Crippen LogP contribution >= 0.6 is 11.8 Å². The van der Waals surface area contributed by atoms with Crippen molar-refractivity contribution in [1.29, 1.82) is 0 Å². The van der Waals surface area contributed by atoms with Gasteiger partial charge in [0, 0.05) is 6.42 Å². The molecule has 1 aliphatic heterocycles. The number of thioether (sulfide) groups is 1. The Hall–Kier alpha value is -0.340. The summed E-state index contributed by atoms with van der Waals surface area (Å²) in [5.41, 5.74) is 4.40. The molecule has 1 aliphatic rings. The molecule has 5 unspecified atom stereocenters. The van der Waals surface area contributed by atoms with Crippen LogP contribution in [-0.2, 0) is 9.53 Å². The third-order valence-corrected chi connectivity index (χ3v) is 3.48. The number of rotatable bonds is 5. The molecule has 0 aliphatic carbocycles. The molecule has 1 heterocycles. The molecule has 1 fully saturated rings. The van der Waals surface area contributed by atoms with Gasteiger partial charge < -0.3 is 25.8 Å². The van der Waals surface area contributed by atoms with E-state index in [4.69, 9.17) is 10.5 Å². The van der Waals surface area contributed by atoms with E-state index in [-0.39, 0.29) is 6.42 Å². The van der Waals surface area contributed by atoms with Gasteiger partial charge in [-0.3, -0.25) is 4.79 Å². The first-order valence-corrected chi connectivity index (χ1v) is 6.60. The van der Waals surface area contributed by atoms with E-state index >= 15 is 0 Å². The van der Waals surface area contributed by atoms with Gasteiger partial charge in [0.05, 0.1) is 6.10 Å². The van der Waals surface area contributed by atoms with Gasteiger partial charge in [0.25, 0.3) is 0 Å². The third kappa shape index (κ3) is 3.82. The van der Waals surface area contributed by atoms with Gasteiger partial charge >= 0.3 is 0 Å². The van der Waals surface area contributed by atoms with Crippen LogP contribution in [-0.4, -0.2) is 57.3 Å². The maximum Gasteiger partial charge on any atom is 0.217 e. The van der Waals surface area contributed by atoms with Gasteiger partial charge in [-0.1, -0.05) is 0 Å². The monoisotopic (exact) mass is 264 g/mol. The van der Waals surface area contributed by atoms with Crippen LogP contribution in [0.5, 0.6) is 0 Å². The molecule has 0 saturated carbocycles. The lowest BCUT2D eigenvalue weighted by atomic mass is 9.96. The number of carbonyl (C=O) groups excluding carboxylic acids is 1. The summed E-state index contributed by atoms with van der Waals surface area (Å²) in [4.78, 5) is 10.6. The zero-order chi connectivity index (χ0) is 13.0. The number of aliphatic hydroxyl groups excluding tert-OH is 3. The second kappa shape index (κ2) is 6.55. The summed E-state index contributed by atoms with van der Waals surface area (Å²) in [6.07, 6.45) is -0.425. The minimum Gasteiger partial charge on any atom is -0.388 e. The van der Waals surface area contributed by atoms with Gasteiger partial charge in [-0.05, 0) is 19.1 Å². The van der Waals surface area contributed by atoms with Gasteiger partial charge in [-0.2, -0.15) is 0 Å². The highest BCUT2D eigenvalue weighted by molar-refractivity contribution is 7.99. The van der Waals surface area contributed by atoms with Crippen LogP contribution in [0.25, 0.3) is 0 Å². The van der Waals surface area contributed by atoms with Crippen molar-refractivity contribution in [3.8, 4) is 0 Å². The molecule has 0 aromatic heterocycles. The Bertz CT molecular complexity index is 263. The topological polar surface area (TPSA) is 113 Å². The number of carbonyl (C=O) groups is 1. The van der Waals surface area contributed by atoms with Crippen molar-refractivity contribution in [3.05, 3.63) is 6.42 Å². The molecule has 99 valence electrons. The lowest BCUT2D eigenvalue weighted by Gasteiger charge is -2.39. The number of aliphatic hydroxyl groups is 3. The van der Waals surface area contributed by atoms with Crippen molar-refractivity contribution < 1.29 is 24.9 Å². The molecular weight excluding hydrogens is 246 g/mol. The lowest BCUT2D eigenvalue weighted by molar-refractivity contribution is -0.188. The highest BCUT2D eigenvalue weighted by Gasteiger charge is 2.42. The van der Waals surface area contributed by atoms with Crippen molar-refractivity contribution in [2.75, 3.05) is 6.26 Å². The minimum atomic E-state index is -1.25. The molecule has 17 heavy (non-hydrogen) atoms. The Morgan fingerprint density at radius 1 is 1.35 bits per heavy atom. The van der Waals surface area contributed by atoms with Crippen molar-refractivity contribution in [3.63, 3.8) is 0 Å². The van der Waals surface area contributed by atoms with E-state index in [9.17, 15) is 20.1 Å². The molecule has 1 amide bonds. The normalized spacial score (nSPS) is 38.0. The fourth-order valence-electron chi connectivity index (χ4n) is 1.65. The molecule has 5 N–H and O–H groups in total. The van der Waals surface area contributed by atoms with Crippen molar-refractivity contribution in [1.82, 2.24) is 0 Å². The summed E-state index contributed by atoms with van der Waals surface area (Å²) < 4.78 is 5.41. The van der Waals surface area contributed by atoms with E-state index in [0.717, 1.165) is 0 Å². The average molecular weight is 264 g/mol. The number of nitrogens with two attached hydrogens (primary N) is 1. The molecule has 6 nitrogen and oxygen atoms in total. The second-order valence-corrected chi connectivity index (χ2v) is 4.85. The van der Waals surface area contributed by atoms with E-state index in [1.165, 1.54) is 11.8 Å². The molecular formula is C10H18NO5S. The highest BCUT2D eigenvalue weighted by Crippen LogP contribution is 2.28. The fraction of sp³-hybridized carbons (Fsp3) is 0.800. The van der Waals surface area contributed by atoms with Crippen LogP contribution in [0.3, 0.4) is 0 Å². The predicted molar refractivity (Wildman–Crippen MR) is 62.9 cm³/mol. The van der Waals surface area contributed by atoms with E-state index < -0.39 is 35.8 Å². The van der Waals surface area contributed by atoms with Crippen LogP contribution in [0.4, 0.5) is 0 Å². The summed E-state index contributed by atoms with van der Waals surface area (Å²) >= 11 is 1.25. The van der Waals surface area contributed by atoms with E-state index in [0.29, 0.717) is 6.42 Å². The molecule has 0 aromatic rings. The van der Waals surface area contributed by atoms with Crippen LogP contribution in [0.1, 0.15) is 12.8 Å². The van der Waals surface area contributed by atoms with Gasteiger partial charge in [-0.15, -0.1) is 11.8 Å². The Morgan fingerprint density at radius 2 is 2.00 bits per heavy atom. The molecule has 0 bridgehead atoms. The SMILES string of the molecule is CSC1OC([CH]CCC(N)=O)C(O)C(O)C1O. The summed E-state index contributed by atoms with van der Waals surface area (Å²) in [6, 6.07) is 0. The summed E-state index contributed by atoms with van der Waals surface area (Å²) in [7, 11) is 0. The van der Waals surface area contributed by atoms with Gasteiger partial charge in [0.1, 0.15) is 23.7 Å². The van der Waals surface area contributed by atoms with Gasteiger partial charge in [0.2, 0.25) is 5.91 Å². The fourth-order valence-corrected chi connectivity index (χ4v) is 2.33. The number of hydrogen-bond acceptors (Lipinski definition) is 6. The molecule has 1 radical (unpaired) electrons. The number of primary amides is 1. The third-order valence-electron chi connectivity index (χ3n) is 2.63. The molecule has 0 spiro atoms. The zero-order valence-electron chi connectivity index (χ0n) is 9.52. The highest BCUT2D eigenvalue weighted by atomic mass is 32.2. The minimum absolute atomic E-state index is 0.162. The summed E-state index contributed by atoms with van der Waals surface area (Å²) in [5.74, 6) is -0.437. The van der Waals surface area contributed by atoms with E-state index in [2.05, 4.69) is 0 Å².